The fraction of sp³-hybridized carbons (Fsp3) is 0.154. The predicted molar refractivity (Wildman–Crippen MR) is 72.7 cm³/mol. The molecule has 0 spiro atoms. The average molecular weight is 333 g/mol. The van der Waals surface area contributed by atoms with Gasteiger partial charge in [-0.15, -0.1) is 13.2 Å². The molecule has 1 heterocycles. The number of nitrogens with one attached hydrogen (secondary N) is 1. The van der Waals surface area contributed by atoms with E-state index in [0.29, 0.717) is 0 Å². The van der Waals surface area contributed by atoms with Crippen molar-refractivity contribution >= 4 is 34.1 Å². The van der Waals surface area contributed by atoms with Gasteiger partial charge in [-0.1, -0.05) is 11.6 Å². The summed E-state index contributed by atoms with van der Waals surface area (Å²) in [6.45, 7) is 0. The zero-order chi connectivity index (χ0) is 16.3. The molecule has 1 aliphatic rings. The second-order valence-corrected chi connectivity index (χ2v) is 4.61. The van der Waals surface area contributed by atoms with Crippen LogP contribution in [0.15, 0.2) is 41.0 Å². The van der Waals surface area contributed by atoms with Gasteiger partial charge in [-0.25, -0.2) is 4.99 Å². The molecule has 5 nitrogen and oxygen atoms in total. The van der Waals surface area contributed by atoms with Crippen molar-refractivity contribution in [1.82, 2.24) is 0 Å². The van der Waals surface area contributed by atoms with Crippen LogP contribution in [-0.2, 0) is 9.59 Å². The Kier molecular flexibility index (Phi) is 4.51. The van der Waals surface area contributed by atoms with Crippen molar-refractivity contribution in [2.24, 2.45) is 4.99 Å². The molecule has 1 N–H and O–H groups in total. The van der Waals surface area contributed by atoms with Crippen molar-refractivity contribution < 1.29 is 27.5 Å². The molecule has 0 aliphatic carbocycles. The third-order valence-electron chi connectivity index (χ3n) is 2.53. The zero-order valence-corrected chi connectivity index (χ0v) is 11.5. The number of nitrogens with zero attached hydrogens (tertiary/aromatic N) is 1. The van der Waals surface area contributed by atoms with E-state index in [1.807, 2.05) is 0 Å². The van der Waals surface area contributed by atoms with E-state index in [1.54, 1.807) is 0 Å². The number of alkyl halides is 3. The fourth-order valence-corrected chi connectivity index (χ4v) is 1.77. The number of ketones is 1. The van der Waals surface area contributed by atoms with Crippen LogP contribution in [0.1, 0.15) is 6.42 Å². The molecular weight excluding hydrogens is 325 g/mol. The number of amides is 1. The topological polar surface area (TPSA) is 67.8 Å². The van der Waals surface area contributed by atoms with Crippen LogP contribution in [0.2, 0.25) is 0 Å². The monoisotopic (exact) mass is 332 g/mol. The van der Waals surface area contributed by atoms with Crippen molar-refractivity contribution in [3.05, 3.63) is 36.0 Å². The maximum atomic E-state index is 12.0. The van der Waals surface area contributed by atoms with Gasteiger partial charge in [0.1, 0.15) is 16.5 Å². The van der Waals surface area contributed by atoms with E-state index in [1.165, 1.54) is 12.1 Å². The summed E-state index contributed by atoms with van der Waals surface area (Å²) < 4.78 is 39.7. The first kappa shape index (κ1) is 16.0. The van der Waals surface area contributed by atoms with Gasteiger partial charge in [0, 0.05) is 11.9 Å². The molecular formula is C13H8ClF3N2O3. The van der Waals surface area contributed by atoms with E-state index in [4.69, 9.17) is 11.6 Å². The molecule has 0 unspecified atom stereocenters. The molecule has 1 aromatic carbocycles. The summed E-state index contributed by atoms with van der Waals surface area (Å²) in [5, 5.41) is 2.45. The second-order valence-electron chi connectivity index (χ2n) is 4.17. The van der Waals surface area contributed by atoms with Crippen LogP contribution >= 0.6 is 11.6 Å². The van der Waals surface area contributed by atoms with Gasteiger partial charge < -0.3 is 10.1 Å². The van der Waals surface area contributed by atoms with Gasteiger partial charge in [0.05, 0.1) is 6.42 Å². The first-order valence-corrected chi connectivity index (χ1v) is 6.25. The molecule has 0 saturated carbocycles. The molecule has 0 aromatic heterocycles. The smallest absolute Gasteiger partial charge is 0.406 e. The third-order valence-corrected chi connectivity index (χ3v) is 2.76. The van der Waals surface area contributed by atoms with Crippen molar-refractivity contribution in [3.63, 3.8) is 0 Å². The SMILES string of the molecule is O=C1CC(Cl)=NC=C1C(=O)Nc1ccc(OC(F)(F)F)cc1. The Balaban J connectivity index is 2.05. The minimum atomic E-state index is -4.79. The summed E-state index contributed by atoms with van der Waals surface area (Å²) in [6, 6.07) is 4.50. The molecule has 0 bridgehead atoms. The maximum Gasteiger partial charge on any atom is 0.573 e. The van der Waals surface area contributed by atoms with Gasteiger partial charge in [-0.2, -0.15) is 0 Å². The number of hydrogen-bond acceptors (Lipinski definition) is 4. The molecule has 0 saturated heterocycles. The second kappa shape index (κ2) is 6.18. The number of ether oxygens (including phenoxy) is 1. The molecule has 0 atom stereocenters. The molecule has 0 fully saturated rings. The lowest BCUT2D eigenvalue weighted by molar-refractivity contribution is -0.274. The Labute approximate surface area is 127 Å². The normalized spacial score (nSPS) is 15.0. The van der Waals surface area contributed by atoms with Crippen molar-refractivity contribution in [2.45, 2.75) is 12.8 Å². The zero-order valence-electron chi connectivity index (χ0n) is 10.8. The summed E-state index contributed by atoms with van der Waals surface area (Å²) in [7, 11) is 0. The van der Waals surface area contributed by atoms with E-state index in [9.17, 15) is 22.8 Å². The van der Waals surface area contributed by atoms with Crippen LogP contribution in [0.5, 0.6) is 5.75 Å². The number of benzene rings is 1. The van der Waals surface area contributed by atoms with Crippen LogP contribution < -0.4 is 10.1 Å². The summed E-state index contributed by atoms with van der Waals surface area (Å²) in [5.41, 5.74) is 0.0221. The predicted octanol–water partition coefficient (Wildman–Crippen LogP) is 3.02. The highest BCUT2D eigenvalue weighted by atomic mass is 35.5. The quantitative estimate of drug-likeness (QED) is 0.865. The Morgan fingerprint density at radius 2 is 1.91 bits per heavy atom. The number of carbonyl (C=O) groups excluding carboxylic acids is 2. The molecule has 2 rings (SSSR count). The van der Waals surface area contributed by atoms with Gasteiger partial charge in [0.25, 0.3) is 5.91 Å². The van der Waals surface area contributed by atoms with Gasteiger partial charge in [0.2, 0.25) is 0 Å². The first-order chi connectivity index (χ1) is 10.2. The molecule has 1 amide bonds. The third kappa shape index (κ3) is 4.32. The lowest BCUT2D eigenvalue weighted by atomic mass is 10.1. The lowest BCUT2D eigenvalue weighted by Crippen LogP contribution is -2.23. The van der Waals surface area contributed by atoms with Crippen LogP contribution in [0, 0.1) is 0 Å². The van der Waals surface area contributed by atoms with E-state index >= 15 is 0 Å². The number of aliphatic imine (C=N–C) groups is 1. The number of anilines is 1. The Morgan fingerprint density at radius 3 is 2.45 bits per heavy atom. The highest BCUT2D eigenvalue weighted by Gasteiger charge is 2.31. The lowest BCUT2D eigenvalue weighted by Gasteiger charge is -2.11. The summed E-state index contributed by atoms with van der Waals surface area (Å²) >= 11 is 5.56. The average Bonchev–Trinajstić information content (AvgIpc) is 2.39. The Morgan fingerprint density at radius 1 is 1.27 bits per heavy atom. The summed E-state index contributed by atoms with van der Waals surface area (Å²) in [6.07, 6.45) is -3.91. The van der Waals surface area contributed by atoms with Crippen LogP contribution in [-0.4, -0.2) is 23.2 Å². The minimum Gasteiger partial charge on any atom is -0.406 e. The molecule has 1 aromatic rings. The van der Waals surface area contributed by atoms with E-state index < -0.39 is 23.8 Å². The van der Waals surface area contributed by atoms with Crippen molar-refractivity contribution in [3.8, 4) is 5.75 Å². The van der Waals surface area contributed by atoms with E-state index in [0.717, 1.165) is 18.3 Å². The molecule has 1 aliphatic heterocycles. The molecule has 116 valence electrons. The van der Waals surface area contributed by atoms with Crippen LogP contribution in [0.4, 0.5) is 18.9 Å². The number of halogens is 4. The van der Waals surface area contributed by atoms with Crippen molar-refractivity contribution in [2.75, 3.05) is 5.32 Å². The number of Topliss-reactive ketones (excluding diaryl/α,β-unsaturated/α-hetero) is 1. The van der Waals surface area contributed by atoms with Gasteiger partial charge in [-0.05, 0) is 24.3 Å². The number of hydrogen-bond donors (Lipinski definition) is 1. The van der Waals surface area contributed by atoms with Crippen LogP contribution in [0.3, 0.4) is 0 Å². The van der Waals surface area contributed by atoms with Crippen LogP contribution in [0.25, 0.3) is 0 Å². The van der Waals surface area contributed by atoms with E-state index in [2.05, 4.69) is 15.0 Å². The standard InChI is InChI=1S/C13H8ClF3N2O3/c14-11-5-10(20)9(6-18-11)12(21)19-7-1-3-8(4-2-7)22-13(15,16)17/h1-4,6H,5H2,(H,19,21). The van der Waals surface area contributed by atoms with E-state index in [-0.39, 0.29) is 22.9 Å². The Hall–Kier alpha value is -2.35. The first-order valence-electron chi connectivity index (χ1n) is 5.87. The highest BCUT2D eigenvalue weighted by molar-refractivity contribution is 6.67. The van der Waals surface area contributed by atoms with Gasteiger partial charge in [0.15, 0.2) is 5.78 Å². The summed E-state index contributed by atoms with van der Waals surface area (Å²) in [5.74, 6) is -1.63. The van der Waals surface area contributed by atoms with Crippen molar-refractivity contribution in [1.29, 1.82) is 0 Å². The molecule has 0 radical (unpaired) electrons. The highest BCUT2D eigenvalue weighted by Crippen LogP contribution is 2.24. The van der Waals surface area contributed by atoms with Gasteiger partial charge in [-0.3, -0.25) is 9.59 Å². The largest absolute Gasteiger partial charge is 0.573 e. The maximum absolute atomic E-state index is 12.0. The number of carbonyl (C=O) groups is 2. The Bertz CT molecular complexity index is 666. The van der Waals surface area contributed by atoms with Gasteiger partial charge >= 0.3 is 6.36 Å². The summed E-state index contributed by atoms with van der Waals surface area (Å²) in [4.78, 5) is 27.2. The fourth-order valence-electron chi connectivity index (χ4n) is 1.60. The number of rotatable bonds is 3. The molecule has 9 heteroatoms. The minimum absolute atomic E-state index is 0.0789. The molecule has 22 heavy (non-hydrogen) atoms.